The molecule has 4 nitrogen and oxygen atoms in total. The maximum Gasteiger partial charge on any atom is 0.198 e. The molecular formula is C16H17BrN2O2. The molecule has 1 unspecified atom stereocenters. The molecule has 21 heavy (non-hydrogen) atoms. The zero-order valence-electron chi connectivity index (χ0n) is 12.2. The average Bonchev–Trinajstić information content (AvgIpc) is 3.04. The molecule has 0 amide bonds. The lowest BCUT2D eigenvalue weighted by molar-refractivity contribution is 0.471. The highest BCUT2D eigenvalue weighted by Gasteiger charge is 2.12. The summed E-state index contributed by atoms with van der Waals surface area (Å²) in [6.45, 7) is 6.19. The molecule has 0 aliphatic heterocycles. The lowest BCUT2D eigenvalue weighted by Gasteiger charge is -2.12. The summed E-state index contributed by atoms with van der Waals surface area (Å²) in [5, 5.41) is 3.41. The van der Waals surface area contributed by atoms with Crippen molar-refractivity contribution in [3.63, 3.8) is 0 Å². The smallest absolute Gasteiger partial charge is 0.198 e. The first-order valence-electron chi connectivity index (χ1n) is 6.95. The van der Waals surface area contributed by atoms with Gasteiger partial charge in [0, 0.05) is 11.6 Å². The summed E-state index contributed by atoms with van der Waals surface area (Å²) in [7, 11) is 0. The first-order chi connectivity index (χ1) is 10.0. The van der Waals surface area contributed by atoms with Gasteiger partial charge >= 0.3 is 0 Å². The van der Waals surface area contributed by atoms with Gasteiger partial charge in [-0.2, -0.15) is 0 Å². The third-order valence-electron chi connectivity index (χ3n) is 3.30. The van der Waals surface area contributed by atoms with Gasteiger partial charge in [0.15, 0.2) is 16.1 Å². The fraction of sp³-hybridized carbons (Fsp3) is 0.312. The van der Waals surface area contributed by atoms with E-state index in [0.29, 0.717) is 0 Å². The molecule has 0 aliphatic rings. The summed E-state index contributed by atoms with van der Waals surface area (Å²) in [6, 6.07) is 9.86. The molecule has 1 aromatic carbocycles. The lowest BCUT2D eigenvalue weighted by atomic mass is 10.2. The molecular weight excluding hydrogens is 332 g/mol. The third kappa shape index (κ3) is 2.97. The number of benzene rings is 1. The highest BCUT2D eigenvalue weighted by atomic mass is 79.9. The van der Waals surface area contributed by atoms with Gasteiger partial charge in [-0.05, 0) is 53.2 Å². The normalized spacial score (nSPS) is 13.0. The van der Waals surface area contributed by atoms with Crippen LogP contribution in [0, 0.1) is 0 Å². The summed E-state index contributed by atoms with van der Waals surface area (Å²) < 4.78 is 12.0. The van der Waals surface area contributed by atoms with Crippen LogP contribution in [-0.2, 0) is 0 Å². The number of nitrogens with one attached hydrogen (secondary N) is 1. The van der Waals surface area contributed by atoms with Crippen molar-refractivity contribution in [3.05, 3.63) is 46.7 Å². The van der Waals surface area contributed by atoms with E-state index in [-0.39, 0.29) is 12.0 Å². The van der Waals surface area contributed by atoms with E-state index >= 15 is 0 Å². The molecule has 0 saturated heterocycles. The van der Waals surface area contributed by atoms with Crippen LogP contribution in [-0.4, -0.2) is 4.98 Å². The van der Waals surface area contributed by atoms with Crippen LogP contribution in [0.4, 0.5) is 5.69 Å². The zero-order chi connectivity index (χ0) is 15.0. The Morgan fingerprint density at radius 2 is 1.90 bits per heavy atom. The van der Waals surface area contributed by atoms with E-state index in [9.17, 15) is 0 Å². The summed E-state index contributed by atoms with van der Waals surface area (Å²) in [5.41, 5.74) is 2.68. The Morgan fingerprint density at radius 1 is 1.10 bits per heavy atom. The number of hydrogen-bond acceptors (Lipinski definition) is 4. The van der Waals surface area contributed by atoms with Crippen molar-refractivity contribution in [1.29, 1.82) is 0 Å². The SMILES string of the molecule is CC(C)c1nc2cc(NC(C)c3ccc(Br)o3)ccc2o1. The van der Waals surface area contributed by atoms with E-state index in [0.717, 1.165) is 33.1 Å². The van der Waals surface area contributed by atoms with Gasteiger partial charge in [0.05, 0.1) is 6.04 Å². The molecule has 2 heterocycles. The van der Waals surface area contributed by atoms with Gasteiger partial charge in [0.1, 0.15) is 11.3 Å². The fourth-order valence-corrected chi connectivity index (χ4v) is 2.48. The van der Waals surface area contributed by atoms with E-state index in [2.05, 4.69) is 47.0 Å². The minimum atomic E-state index is 0.0743. The Labute approximate surface area is 131 Å². The standard InChI is InChI=1S/C16H17BrN2O2/c1-9(2)16-19-12-8-11(4-5-14(12)21-16)18-10(3)13-6-7-15(17)20-13/h4-10,18H,1-3H3. The summed E-state index contributed by atoms with van der Waals surface area (Å²) in [4.78, 5) is 4.52. The molecule has 0 fully saturated rings. The number of fused-ring (bicyclic) bond motifs is 1. The topological polar surface area (TPSA) is 51.2 Å². The van der Waals surface area contributed by atoms with Gasteiger partial charge in [0.25, 0.3) is 0 Å². The average molecular weight is 349 g/mol. The molecule has 1 N–H and O–H groups in total. The number of oxazole rings is 1. The Kier molecular flexibility index (Phi) is 3.76. The van der Waals surface area contributed by atoms with Gasteiger partial charge in [-0.1, -0.05) is 13.8 Å². The Hall–Kier alpha value is -1.75. The number of furan rings is 1. The van der Waals surface area contributed by atoms with E-state index in [1.54, 1.807) is 0 Å². The van der Waals surface area contributed by atoms with E-state index in [1.165, 1.54) is 0 Å². The van der Waals surface area contributed by atoms with Crippen LogP contribution in [0.2, 0.25) is 0 Å². The van der Waals surface area contributed by atoms with Crippen LogP contribution in [0.25, 0.3) is 11.1 Å². The number of aromatic nitrogens is 1. The predicted molar refractivity (Wildman–Crippen MR) is 86.5 cm³/mol. The summed E-state index contributed by atoms with van der Waals surface area (Å²) in [5.74, 6) is 1.93. The molecule has 0 radical (unpaired) electrons. The van der Waals surface area contributed by atoms with Crippen molar-refractivity contribution in [2.75, 3.05) is 5.32 Å². The maximum absolute atomic E-state index is 5.71. The quantitative estimate of drug-likeness (QED) is 0.678. The van der Waals surface area contributed by atoms with Gasteiger partial charge in [-0.3, -0.25) is 0 Å². The minimum Gasteiger partial charge on any atom is -0.452 e. The molecule has 3 aromatic rings. The van der Waals surface area contributed by atoms with Crippen molar-refractivity contribution in [3.8, 4) is 0 Å². The van der Waals surface area contributed by atoms with Crippen molar-refractivity contribution in [1.82, 2.24) is 4.98 Å². The van der Waals surface area contributed by atoms with Crippen molar-refractivity contribution in [2.45, 2.75) is 32.7 Å². The van der Waals surface area contributed by atoms with E-state index < -0.39 is 0 Å². The van der Waals surface area contributed by atoms with Crippen LogP contribution in [0.15, 0.2) is 43.8 Å². The van der Waals surface area contributed by atoms with Crippen molar-refractivity contribution >= 4 is 32.7 Å². The maximum atomic E-state index is 5.71. The minimum absolute atomic E-state index is 0.0743. The molecule has 0 saturated carbocycles. The zero-order valence-corrected chi connectivity index (χ0v) is 13.8. The second kappa shape index (κ2) is 5.56. The molecule has 0 aliphatic carbocycles. The highest BCUT2D eigenvalue weighted by Crippen LogP contribution is 2.27. The second-order valence-corrected chi connectivity index (χ2v) is 6.18. The van der Waals surface area contributed by atoms with Crippen LogP contribution in [0.1, 0.15) is 44.4 Å². The van der Waals surface area contributed by atoms with E-state index in [1.807, 2.05) is 30.3 Å². The second-order valence-electron chi connectivity index (χ2n) is 5.40. The molecule has 110 valence electrons. The van der Waals surface area contributed by atoms with Crippen molar-refractivity contribution < 1.29 is 8.83 Å². The molecule has 1 atom stereocenters. The lowest BCUT2D eigenvalue weighted by Crippen LogP contribution is -2.05. The number of rotatable bonds is 4. The van der Waals surface area contributed by atoms with Gasteiger partial charge in [-0.25, -0.2) is 4.98 Å². The first-order valence-corrected chi connectivity index (χ1v) is 7.74. The molecule has 0 bridgehead atoms. The van der Waals surface area contributed by atoms with Gasteiger partial charge < -0.3 is 14.2 Å². The van der Waals surface area contributed by atoms with E-state index in [4.69, 9.17) is 8.83 Å². The Morgan fingerprint density at radius 3 is 2.57 bits per heavy atom. The summed E-state index contributed by atoms with van der Waals surface area (Å²) >= 11 is 3.32. The Balaban J connectivity index is 1.83. The molecule has 0 spiro atoms. The molecule has 5 heteroatoms. The van der Waals surface area contributed by atoms with Crippen molar-refractivity contribution in [2.24, 2.45) is 0 Å². The summed E-state index contributed by atoms with van der Waals surface area (Å²) in [6.07, 6.45) is 0. The first kappa shape index (κ1) is 14.2. The predicted octanol–water partition coefficient (Wildman–Crippen LogP) is 5.48. The number of anilines is 1. The monoisotopic (exact) mass is 348 g/mol. The van der Waals surface area contributed by atoms with Crippen LogP contribution < -0.4 is 5.32 Å². The Bertz CT molecular complexity index is 761. The number of hydrogen-bond donors (Lipinski definition) is 1. The fourth-order valence-electron chi connectivity index (χ4n) is 2.16. The van der Waals surface area contributed by atoms with Crippen LogP contribution in [0.3, 0.4) is 0 Å². The van der Waals surface area contributed by atoms with Gasteiger partial charge in [-0.15, -0.1) is 0 Å². The van der Waals surface area contributed by atoms with Gasteiger partial charge in [0.2, 0.25) is 0 Å². The largest absolute Gasteiger partial charge is 0.452 e. The number of nitrogens with zero attached hydrogens (tertiary/aromatic N) is 1. The highest BCUT2D eigenvalue weighted by molar-refractivity contribution is 9.10. The molecule has 3 rings (SSSR count). The molecule has 2 aromatic heterocycles. The van der Waals surface area contributed by atoms with Crippen LogP contribution >= 0.6 is 15.9 Å². The van der Waals surface area contributed by atoms with Crippen LogP contribution in [0.5, 0.6) is 0 Å². The number of halogens is 1. The third-order valence-corrected chi connectivity index (χ3v) is 3.73.